The molecule has 4 rings (SSSR count). The van der Waals surface area contributed by atoms with Crippen LogP contribution in [0.4, 0.5) is 5.69 Å². The monoisotopic (exact) mass is 367 g/mol. The molecule has 0 spiro atoms. The van der Waals surface area contributed by atoms with E-state index in [1.165, 1.54) is 11.3 Å². The second-order valence-corrected chi connectivity index (χ2v) is 6.78. The van der Waals surface area contributed by atoms with E-state index in [4.69, 9.17) is 9.47 Å². The van der Waals surface area contributed by atoms with Crippen molar-refractivity contribution in [3.05, 3.63) is 76.0 Å². The molecule has 0 radical (unpaired) electrons. The summed E-state index contributed by atoms with van der Waals surface area (Å²) >= 11 is 1.36. The number of fused-ring (bicyclic) bond motifs is 1. The lowest BCUT2D eigenvalue weighted by Gasteiger charge is -2.23. The van der Waals surface area contributed by atoms with Crippen LogP contribution in [0.5, 0.6) is 11.5 Å². The zero-order valence-corrected chi connectivity index (χ0v) is 14.7. The summed E-state index contributed by atoms with van der Waals surface area (Å²) in [6.45, 7) is 0.903. The molecule has 1 amide bonds. The lowest BCUT2D eigenvalue weighted by molar-refractivity contribution is 0.103. The van der Waals surface area contributed by atoms with E-state index >= 15 is 0 Å². The summed E-state index contributed by atoms with van der Waals surface area (Å²) < 4.78 is 11.3. The highest BCUT2D eigenvalue weighted by molar-refractivity contribution is 7.12. The van der Waals surface area contributed by atoms with Crippen molar-refractivity contribution >= 4 is 22.9 Å². The van der Waals surface area contributed by atoms with Gasteiger partial charge in [0, 0.05) is 11.6 Å². The third-order valence-electron chi connectivity index (χ3n) is 4.12. The molecule has 6 heteroatoms. The van der Waals surface area contributed by atoms with Crippen molar-refractivity contribution in [2.24, 2.45) is 0 Å². The van der Waals surface area contributed by atoms with Gasteiger partial charge in [0.15, 0.2) is 11.5 Å². The minimum Gasteiger partial charge on any atom is -0.486 e. The minimum atomic E-state index is -0.898. The molecule has 1 aliphatic rings. The Balaban J connectivity index is 1.74. The molecule has 132 valence electrons. The normalized spacial score (nSPS) is 13.9. The van der Waals surface area contributed by atoms with Crippen LogP contribution in [0.25, 0.3) is 0 Å². The van der Waals surface area contributed by atoms with Gasteiger partial charge in [-0.1, -0.05) is 36.4 Å². The number of amides is 1. The molecule has 1 aromatic heterocycles. The fourth-order valence-electron chi connectivity index (χ4n) is 2.85. The van der Waals surface area contributed by atoms with Crippen LogP contribution in [-0.4, -0.2) is 24.2 Å². The molecule has 26 heavy (non-hydrogen) atoms. The van der Waals surface area contributed by atoms with Crippen LogP contribution in [0.1, 0.15) is 26.9 Å². The SMILES string of the molecule is O=C(Nc1cc2c(cc1C(O)c1ccccc1)OCCO2)c1cccs1. The molecule has 2 aromatic carbocycles. The van der Waals surface area contributed by atoms with E-state index < -0.39 is 6.10 Å². The van der Waals surface area contributed by atoms with E-state index in [0.717, 1.165) is 5.56 Å². The van der Waals surface area contributed by atoms with Crippen molar-refractivity contribution in [3.8, 4) is 11.5 Å². The molecular formula is C20H17NO4S. The van der Waals surface area contributed by atoms with Gasteiger partial charge in [0.05, 0.1) is 10.6 Å². The minimum absolute atomic E-state index is 0.224. The quantitative estimate of drug-likeness (QED) is 0.735. The molecule has 1 aliphatic heterocycles. The smallest absolute Gasteiger partial charge is 0.265 e. The van der Waals surface area contributed by atoms with E-state index in [9.17, 15) is 9.90 Å². The van der Waals surface area contributed by atoms with Crippen molar-refractivity contribution in [2.45, 2.75) is 6.10 Å². The fourth-order valence-corrected chi connectivity index (χ4v) is 3.46. The Bertz CT molecular complexity index is 909. The van der Waals surface area contributed by atoms with E-state index in [-0.39, 0.29) is 5.91 Å². The molecule has 0 saturated heterocycles. The van der Waals surface area contributed by atoms with Gasteiger partial charge in [-0.2, -0.15) is 0 Å². The second-order valence-electron chi connectivity index (χ2n) is 5.83. The number of nitrogens with one attached hydrogen (secondary N) is 1. The third kappa shape index (κ3) is 3.29. The summed E-state index contributed by atoms with van der Waals surface area (Å²) in [6, 6.07) is 16.3. The number of hydrogen-bond donors (Lipinski definition) is 2. The molecule has 2 N–H and O–H groups in total. The van der Waals surface area contributed by atoms with Gasteiger partial charge in [-0.25, -0.2) is 0 Å². The van der Waals surface area contributed by atoms with Gasteiger partial charge in [-0.3, -0.25) is 4.79 Å². The van der Waals surface area contributed by atoms with Crippen LogP contribution in [0, 0.1) is 0 Å². The number of aliphatic hydroxyl groups is 1. The first-order chi connectivity index (χ1) is 12.7. The molecule has 0 fully saturated rings. The summed E-state index contributed by atoms with van der Waals surface area (Å²) in [4.78, 5) is 13.1. The summed E-state index contributed by atoms with van der Waals surface area (Å²) in [6.07, 6.45) is -0.898. The number of aliphatic hydroxyl groups excluding tert-OH is 1. The molecule has 2 heterocycles. The van der Waals surface area contributed by atoms with Crippen LogP contribution in [-0.2, 0) is 0 Å². The molecule has 0 saturated carbocycles. The number of anilines is 1. The Morgan fingerprint density at radius 3 is 2.46 bits per heavy atom. The van der Waals surface area contributed by atoms with Gasteiger partial charge >= 0.3 is 0 Å². The third-order valence-corrected chi connectivity index (χ3v) is 4.99. The van der Waals surface area contributed by atoms with Crippen LogP contribution >= 0.6 is 11.3 Å². The molecule has 0 aliphatic carbocycles. The molecule has 0 bridgehead atoms. The lowest BCUT2D eigenvalue weighted by atomic mass is 9.99. The topological polar surface area (TPSA) is 67.8 Å². The van der Waals surface area contributed by atoms with Gasteiger partial charge in [-0.05, 0) is 23.1 Å². The Kier molecular flexibility index (Phi) is 4.60. The maximum absolute atomic E-state index is 12.5. The summed E-state index contributed by atoms with van der Waals surface area (Å²) in [5.74, 6) is 0.898. The van der Waals surface area contributed by atoms with Crippen molar-refractivity contribution in [1.82, 2.24) is 0 Å². The summed E-state index contributed by atoms with van der Waals surface area (Å²) in [5, 5.41) is 15.6. The lowest BCUT2D eigenvalue weighted by Crippen LogP contribution is -2.18. The van der Waals surface area contributed by atoms with E-state index in [1.807, 2.05) is 41.8 Å². The Morgan fingerprint density at radius 2 is 1.77 bits per heavy atom. The number of ether oxygens (including phenoxy) is 2. The summed E-state index contributed by atoms with van der Waals surface area (Å²) in [7, 11) is 0. The van der Waals surface area contributed by atoms with Gasteiger partial charge in [0.1, 0.15) is 19.3 Å². The van der Waals surface area contributed by atoms with Crippen molar-refractivity contribution in [1.29, 1.82) is 0 Å². The fraction of sp³-hybridized carbons (Fsp3) is 0.150. The van der Waals surface area contributed by atoms with E-state index in [2.05, 4.69) is 5.32 Å². The molecule has 3 aromatic rings. The van der Waals surface area contributed by atoms with Crippen molar-refractivity contribution in [2.75, 3.05) is 18.5 Å². The van der Waals surface area contributed by atoms with Crippen LogP contribution in [0.3, 0.4) is 0 Å². The number of rotatable bonds is 4. The second kappa shape index (κ2) is 7.19. The molecular weight excluding hydrogens is 350 g/mol. The maximum atomic E-state index is 12.5. The average molecular weight is 367 g/mol. The predicted molar refractivity (Wildman–Crippen MR) is 100 cm³/mol. The van der Waals surface area contributed by atoms with E-state index in [0.29, 0.717) is 40.8 Å². The number of benzene rings is 2. The van der Waals surface area contributed by atoms with Crippen LogP contribution in [0.15, 0.2) is 60.0 Å². The number of hydrogen-bond acceptors (Lipinski definition) is 5. The highest BCUT2D eigenvalue weighted by Crippen LogP contribution is 2.40. The molecule has 5 nitrogen and oxygen atoms in total. The van der Waals surface area contributed by atoms with Crippen LogP contribution in [0.2, 0.25) is 0 Å². The Labute approximate surface area is 154 Å². The van der Waals surface area contributed by atoms with Crippen molar-refractivity contribution < 1.29 is 19.4 Å². The first-order valence-electron chi connectivity index (χ1n) is 8.24. The average Bonchev–Trinajstić information content (AvgIpc) is 3.22. The Hall–Kier alpha value is -2.83. The van der Waals surface area contributed by atoms with Crippen molar-refractivity contribution in [3.63, 3.8) is 0 Å². The standard InChI is InChI=1S/C20H17NO4S/c22-19(13-5-2-1-3-6-13)14-11-16-17(25-9-8-24-16)12-15(14)21-20(23)18-7-4-10-26-18/h1-7,10-12,19,22H,8-9H2,(H,21,23). The van der Waals surface area contributed by atoms with Gasteiger partial charge in [0.25, 0.3) is 5.91 Å². The first kappa shape index (κ1) is 16.6. The first-order valence-corrected chi connectivity index (χ1v) is 9.12. The molecule has 1 unspecified atom stereocenters. The zero-order chi connectivity index (χ0) is 17.9. The zero-order valence-electron chi connectivity index (χ0n) is 13.8. The highest BCUT2D eigenvalue weighted by atomic mass is 32.1. The maximum Gasteiger partial charge on any atom is 0.265 e. The van der Waals surface area contributed by atoms with Gasteiger partial charge in [0.2, 0.25) is 0 Å². The van der Waals surface area contributed by atoms with Gasteiger partial charge in [-0.15, -0.1) is 11.3 Å². The number of carbonyl (C=O) groups is 1. The highest BCUT2D eigenvalue weighted by Gasteiger charge is 2.22. The van der Waals surface area contributed by atoms with E-state index in [1.54, 1.807) is 18.2 Å². The number of carbonyl (C=O) groups excluding carboxylic acids is 1. The van der Waals surface area contributed by atoms with Gasteiger partial charge < -0.3 is 19.9 Å². The molecule has 1 atom stereocenters. The Morgan fingerprint density at radius 1 is 1.04 bits per heavy atom. The van der Waals surface area contributed by atoms with Crippen LogP contribution < -0.4 is 14.8 Å². The largest absolute Gasteiger partial charge is 0.486 e. The predicted octanol–water partition coefficient (Wildman–Crippen LogP) is 3.85. The summed E-state index contributed by atoms with van der Waals surface area (Å²) in [5.41, 5.74) is 1.80. The number of thiophene rings is 1.